The fraction of sp³-hybridized carbons (Fsp3) is 0.379. The van der Waals surface area contributed by atoms with Gasteiger partial charge in [0.1, 0.15) is 0 Å². The Kier molecular flexibility index (Phi) is 6.56. The van der Waals surface area contributed by atoms with Gasteiger partial charge in [0.15, 0.2) is 0 Å². The fourth-order valence-electron chi connectivity index (χ4n) is 5.61. The van der Waals surface area contributed by atoms with Crippen molar-refractivity contribution in [2.24, 2.45) is 5.92 Å². The van der Waals surface area contributed by atoms with E-state index in [4.69, 9.17) is 0 Å². The minimum absolute atomic E-state index is 0.350. The Labute approximate surface area is 192 Å². The third-order valence-electron chi connectivity index (χ3n) is 7.35. The first-order valence-corrected chi connectivity index (χ1v) is 12.2. The molecule has 166 valence electrons. The van der Waals surface area contributed by atoms with Crippen molar-refractivity contribution in [3.63, 3.8) is 0 Å². The molecule has 2 aromatic carbocycles. The predicted molar refractivity (Wildman–Crippen MR) is 134 cm³/mol. The summed E-state index contributed by atoms with van der Waals surface area (Å²) in [6.07, 6.45) is 10.2. The van der Waals surface area contributed by atoms with Crippen molar-refractivity contribution in [3.8, 4) is 0 Å². The van der Waals surface area contributed by atoms with Crippen LogP contribution >= 0.6 is 0 Å². The third-order valence-corrected chi connectivity index (χ3v) is 7.35. The molecule has 0 radical (unpaired) electrons. The highest BCUT2D eigenvalue weighted by Crippen LogP contribution is 2.34. The zero-order valence-electron chi connectivity index (χ0n) is 19.1. The van der Waals surface area contributed by atoms with Crippen LogP contribution in [0.4, 0.5) is 0 Å². The standard InChI is InChI=1S/C29H35N3/c1-22(27-15-7-12-24-11-5-6-14-29(24)27)31-19-25-20-32(21-26-13-8-17-30-26)18-16-28(25)23-9-3-2-4-10-23/h2-4,6-10,12-15,17,22,25,28,30-31H,5,11,16,18-21H2,1H3. The number of fused-ring (bicyclic) bond motifs is 1. The number of aromatic amines is 1. The summed E-state index contributed by atoms with van der Waals surface area (Å²) in [6, 6.07) is 22.6. The minimum Gasteiger partial charge on any atom is -0.364 e. The highest BCUT2D eigenvalue weighted by molar-refractivity contribution is 5.61. The number of piperidine rings is 1. The van der Waals surface area contributed by atoms with Crippen LogP contribution in [0.25, 0.3) is 6.08 Å². The predicted octanol–water partition coefficient (Wildman–Crippen LogP) is 5.93. The number of likely N-dealkylation sites (tertiary alicyclic amines) is 1. The molecular weight excluding hydrogens is 390 g/mol. The second-order valence-electron chi connectivity index (χ2n) is 9.49. The number of H-pyrrole nitrogens is 1. The van der Waals surface area contributed by atoms with E-state index in [1.807, 2.05) is 6.20 Å². The highest BCUT2D eigenvalue weighted by Gasteiger charge is 2.30. The summed E-state index contributed by atoms with van der Waals surface area (Å²) in [7, 11) is 0. The number of hydrogen-bond donors (Lipinski definition) is 2. The van der Waals surface area contributed by atoms with Crippen LogP contribution in [0.15, 0.2) is 72.9 Å². The number of allylic oxidation sites excluding steroid dienone is 1. The Hall–Kier alpha value is -2.62. The van der Waals surface area contributed by atoms with E-state index in [9.17, 15) is 0 Å². The molecule has 0 spiro atoms. The Balaban J connectivity index is 1.31. The number of nitrogens with zero attached hydrogens (tertiary/aromatic N) is 1. The summed E-state index contributed by atoms with van der Waals surface area (Å²) in [5.41, 5.74) is 7.18. The van der Waals surface area contributed by atoms with E-state index >= 15 is 0 Å². The molecule has 1 saturated heterocycles. The summed E-state index contributed by atoms with van der Waals surface area (Å²) < 4.78 is 0. The van der Waals surface area contributed by atoms with E-state index in [1.165, 1.54) is 40.8 Å². The molecule has 0 saturated carbocycles. The first kappa shape index (κ1) is 21.2. The van der Waals surface area contributed by atoms with Gasteiger partial charge in [-0.05, 0) is 79.0 Å². The molecule has 3 nitrogen and oxygen atoms in total. The van der Waals surface area contributed by atoms with E-state index < -0.39 is 0 Å². The van der Waals surface area contributed by atoms with Crippen LogP contribution in [0, 0.1) is 5.92 Å². The van der Waals surface area contributed by atoms with Crippen molar-refractivity contribution in [2.45, 2.75) is 44.7 Å². The molecule has 0 bridgehead atoms. The van der Waals surface area contributed by atoms with Crippen LogP contribution < -0.4 is 5.32 Å². The second kappa shape index (κ2) is 9.89. The molecule has 1 aliphatic carbocycles. The second-order valence-corrected chi connectivity index (χ2v) is 9.49. The number of aromatic nitrogens is 1. The molecule has 3 aromatic rings. The molecule has 0 amide bonds. The van der Waals surface area contributed by atoms with E-state index in [-0.39, 0.29) is 0 Å². The van der Waals surface area contributed by atoms with Gasteiger partial charge in [-0.15, -0.1) is 0 Å². The zero-order chi connectivity index (χ0) is 21.8. The van der Waals surface area contributed by atoms with Crippen molar-refractivity contribution in [1.29, 1.82) is 0 Å². The molecule has 5 rings (SSSR count). The normalized spacial score (nSPS) is 21.9. The maximum Gasteiger partial charge on any atom is 0.0385 e. The van der Waals surface area contributed by atoms with E-state index in [0.29, 0.717) is 17.9 Å². The number of aryl methyl sites for hydroxylation is 1. The first-order valence-electron chi connectivity index (χ1n) is 12.2. The lowest BCUT2D eigenvalue weighted by molar-refractivity contribution is 0.141. The number of nitrogens with one attached hydrogen (secondary N) is 2. The monoisotopic (exact) mass is 425 g/mol. The molecule has 3 atom stereocenters. The van der Waals surface area contributed by atoms with Crippen molar-refractivity contribution >= 4 is 6.08 Å². The van der Waals surface area contributed by atoms with Gasteiger partial charge in [0.2, 0.25) is 0 Å². The van der Waals surface area contributed by atoms with Crippen molar-refractivity contribution in [1.82, 2.24) is 15.2 Å². The molecule has 1 aliphatic heterocycles. The molecule has 3 unspecified atom stereocenters. The van der Waals surface area contributed by atoms with Gasteiger partial charge in [0, 0.05) is 37.6 Å². The van der Waals surface area contributed by atoms with Gasteiger partial charge in [-0.1, -0.05) is 60.7 Å². The lowest BCUT2D eigenvalue weighted by Crippen LogP contribution is -2.43. The number of benzene rings is 2. The summed E-state index contributed by atoms with van der Waals surface area (Å²) in [5.74, 6) is 1.21. The van der Waals surface area contributed by atoms with Crippen LogP contribution in [-0.2, 0) is 13.0 Å². The summed E-state index contributed by atoms with van der Waals surface area (Å²) in [6.45, 7) is 6.66. The molecule has 32 heavy (non-hydrogen) atoms. The van der Waals surface area contributed by atoms with Gasteiger partial charge in [0.25, 0.3) is 0 Å². The molecule has 2 heterocycles. The number of rotatable bonds is 7. The van der Waals surface area contributed by atoms with Gasteiger partial charge in [-0.25, -0.2) is 0 Å². The molecule has 3 heteroatoms. The molecular formula is C29H35N3. The van der Waals surface area contributed by atoms with Crippen LogP contribution in [0.5, 0.6) is 0 Å². The SMILES string of the molecule is CC(NCC1CN(Cc2ccc[nH]2)CCC1c1ccccc1)c1cccc2c1C=CCC2. The maximum atomic E-state index is 3.93. The van der Waals surface area contributed by atoms with Gasteiger partial charge in [-0.3, -0.25) is 4.90 Å². The maximum absolute atomic E-state index is 3.93. The summed E-state index contributed by atoms with van der Waals surface area (Å²) >= 11 is 0. The van der Waals surface area contributed by atoms with Gasteiger partial charge < -0.3 is 10.3 Å². The first-order chi connectivity index (χ1) is 15.8. The summed E-state index contributed by atoms with van der Waals surface area (Å²) in [4.78, 5) is 6.00. The smallest absolute Gasteiger partial charge is 0.0385 e. The molecule has 2 aliphatic rings. The van der Waals surface area contributed by atoms with E-state index in [0.717, 1.165) is 32.6 Å². The lowest BCUT2D eigenvalue weighted by atomic mass is 9.80. The van der Waals surface area contributed by atoms with Gasteiger partial charge in [-0.2, -0.15) is 0 Å². The lowest BCUT2D eigenvalue weighted by Gasteiger charge is -2.39. The van der Waals surface area contributed by atoms with Gasteiger partial charge in [0.05, 0.1) is 0 Å². The molecule has 1 aromatic heterocycles. The average molecular weight is 426 g/mol. The number of hydrogen-bond acceptors (Lipinski definition) is 2. The third kappa shape index (κ3) is 4.74. The summed E-state index contributed by atoms with van der Waals surface area (Å²) in [5, 5.41) is 3.93. The quantitative estimate of drug-likeness (QED) is 0.491. The van der Waals surface area contributed by atoms with Gasteiger partial charge >= 0.3 is 0 Å². The molecule has 1 fully saturated rings. The Morgan fingerprint density at radius 2 is 1.97 bits per heavy atom. The van der Waals surface area contributed by atoms with Crippen LogP contribution in [0.3, 0.4) is 0 Å². The fourth-order valence-corrected chi connectivity index (χ4v) is 5.61. The largest absolute Gasteiger partial charge is 0.364 e. The van der Waals surface area contributed by atoms with Crippen LogP contribution in [-0.4, -0.2) is 29.5 Å². The average Bonchev–Trinajstić information content (AvgIpc) is 3.36. The van der Waals surface area contributed by atoms with Crippen molar-refractivity contribution in [2.75, 3.05) is 19.6 Å². The topological polar surface area (TPSA) is 31.1 Å². The van der Waals surface area contributed by atoms with Crippen molar-refractivity contribution in [3.05, 3.63) is 101 Å². The van der Waals surface area contributed by atoms with E-state index in [1.54, 1.807) is 0 Å². The Bertz CT molecular complexity index is 1020. The van der Waals surface area contributed by atoms with Crippen LogP contribution in [0.2, 0.25) is 0 Å². The zero-order valence-corrected chi connectivity index (χ0v) is 19.1. The van der Waals surface area contributed by atoms with Crippen molar-refractivity contribution < 1.29 is 0 Å². The van der Waals surface area contributed by atoms with Crippen LogP contribution in [0.1, 0.15) is 59.7 Å². The minimum atomic E-state index is 0.350. The molecule has 2 N–H and O–H groups in total. The van der Waals surface area contributed by atoms with E-state index in [2.05, 4.69) is 94.9 Å². The Morgan fingerprint density at radius 1 is 1.06 bits per heavy atom. The highest BCUT2D eigenvalue weighted by atomic mass is 15.1. The Morgan fingerprint density at radius 3 is 2.81 bits per heavy atom.